The molecule has 1 rings (SSSR count). The Bertz CT molecular complexity index is 314. The molecule has 94 valence electrons. The van der Waals surface area contributed by atoms with E-state index in [1.807, 2.05) is 12.3 Å². The zero-order valence-electron chi connectivity index (χ0n) is 11.1. The second kappa shape index (κ2) is 8.86. The van der Waals surface area contributed by atoms with E-state index < -0.39 is 0 Å². The van der Waals surface area contributed by atoms with Gasteiger partial charge in [0.15, 0.2) is 0 Å². The second-order valence-electron chi connectivity index (χ2n) is 4.29. The van der Waals surface area contributed by atoms with Gasteiger partial charge in [0, 0.05) is 0 Å². The van der Waals surface area contributed by atoms with Gasteiger partial charge in [0.05, 0.1) is 12.9 Å². The third-order valence-corrected chi connectivity index (χ3v) is 2.87. The van der Waals surface area contributed by atoms with Gasteiger partial charge in [-0.05, 0) is 24.0 Å². The highest BCUT2D eigenvalue weighted by atomic mass is 16.5. The van der Waals surface area contributed by atoms with Crippen molar-refractivity contribution >= 4 is 5.57 Å². The van der Waals surface area contributed by atoms with Crippen molar-refractivity contribution in [2.75, 3.05) is 6.61 Å². The van der Waals surface area contributed by atoms with Crippen molar-refractivity contribution in [3.05, 3.63) is 42.2 Å². The first-order valence-corrected chi connectivity index (χ1v) is 6.74. The minimum atomic E-state index is 0.844. The van der Waals surface area contributed by atoms with Gasteiger partial charge in [-0.2, -0.15) is 0 Å². The highest BCUT2D eigenvalue weighted by Gasteiger charge is 1.98. The van der Waals surface area contributed by atoms with Gasteiger partial charge >= 0.3 is 0 Å². The molecule has 0 aliphatic heterocycles. The van der Waals surface area contributed by atoms with Crippen LogP contribution in [0.25, 0.3) is 5.57 Å². The maximum absolute atomic E-state index is 5.63. The molecular formula is C16H24O. The first-order chi connectivity index (χ1) is 8.38. The number of allylic oxidation sites excluding steroid dienone is 1. The van der Waals surface area contributed by atoms with E-state index in [0.29, 0.717) is 0 Å². The largest absolute Gasteiger partial charge is 0.501 e. The Hall–Kier alpha value is -1.24. The van der Waals surface area contributed by atoms with Crippen LogP contribution in [0.2, 0.25) is 0 Å². The molecule has 1 nitrogen and oxygen atoms in total. The summed E-state index contributed by atoms with van der Waals surface area (Å²) < 4.78 is 5.63. The van der Waals surface area contributed by atoms with Gasteiger partial charge in [-0.25, -0.2) is 0 Å². The zero-order valence-corrected chi connectivity index (χ0v) is 11.1. The lowest BCUT2D eigenvalue weighted by Crippen LogP contribution is -1.90. The Morgan fingerprint density at radius 2 is 1.82 bits per heavy atom. The van der Waals surface area contributed by atoms with Crippen LogP contribution in [0.1, 0.15) is 51.5 Å². The normalized spacial score (nSPS) is 11.5. The first-order valence-electron chi connectivity index (χ1n) is 6.74. The maximum atomic E-state index is 5.63. The molecule has 0 aromatic heterocycles. The molecule has 0 radical (unpaired) electrons. The Morgan fingerprint density at radius 1 is 1.06 bits per heavy atom. The average molecular weight is 232 g/mol. The quantitative estimate of drug-likeness (QED) is 0.451. The number of rotatable bonds is 8. The van der Waals surface area contributed by atoms with Crippen molar-refractivity contribution in [3.8, 4) is 0 Å². The molecule has 17 heavy (non-hydrogen) atoms. The minimum absolute atomic E-state index is 0.844. The summed E-state index contributed by atoms with van der Waals surface area (Å²) in [6.07, 6.45) is 7.97. The molecule has 0 amide bonds. The summed E-state index contributed by atoms with van der Waals surface area (Å²) in [6, 6.07) is 10.5. The number of hydrogen-bond donors (Lipinski definition) is 0. The van der Waals surface area contributed by atoms with Crippen LogP contribution in [-0.4, -0.2) is 6.61 Å². The fraction of sp³-hybridized carbons (Fsp3) is 0.500. The molecule has 1 aromatic rings. The topological polar surface area (TPSA) is 9.23 Å². The van der Waals surface area contributed by atoms with Gasteiger partial charge in [-0.15, -0.1) is 0 Å². The van der Waals surface area contributed by atoms with Crippen molar-refractivity contribution in [1.82, 2.24) is 0 Å². The molecule has 0 spiro atoms. The Labute approximate surface area is 106 Å². The third kappa shape index (κ3) is 5.58. The van der Waals surface area contributed by atoms with Crippen LogP contribution in [0.15, 0.2) is 36.6 Å². The molecule has 0 N–H and O–H groups in total. The predicted molar refractivity (Wildman–Crippen MR) is 74.8 cm³/mol. The van der Waals surface area contributed by atoms with Crippen LogP contribution in [0.3, 0.4) is 0 Å². The fourth-order valence-electron chi connectivity index (χ4n) is 1.78. The summed E-state index contributed by atoms with van der Waals surface area (Å²) in [5.41, 5.74) is 2.55. The van der Waals surface area contributed by atoms with E-state index in [9.17, 15) is 0 Å². The Kier molecular flexibility index (Phi) is 7.20. The Morgan fingerprint density at radius 3 is 2.47 bits per heavy atom. The molecule has 0 bridgehead atoms. The number of unbranched alkanes of at least 4 members (excludes halogenated alkanes) is 3. The average Bonchev–Trinajstić information content (AvgIpc) is 2.39. The van der Waals surface area contributed by atoms with E-state index in [-0.39, 0.29) is 0 Å². The number of benzene rings is 1. The van der Waals surface area contributed by atoms with Gasteiger partial charge in [0.25, 0.3) is 0 Å². The molecular weight excluding hydrogens is 208 g/mol. The third-order valence-electron chi connectivity index (χ3n) is 2.87. The lowest BCUT2D eigenvalue weighted by molar-refractivity contribution is 0.241. The molecule has 0 aliphatic carbocycles. The van der Waals surface area contributed by atoms with Crippen molar-refractivity contribution in [3.63, 3.8) is 0 Å². The van der Waals surface area contributed by atoms with E-state index in [1.54, 1.807) is 0 Å². The molecule has 0 unspecified atom stereocenters. The Balaban J connectivity index is 2.35. The zero-order chi connectivity index (χ0) is 12.3. The van der Waals surface area contributed by atoms with Crippen LogP contribution in [0.5, 0.6) is 0 Å². The maximum Gasteiger partial charge on any atom is 0.0873 e. The van der Waals surface area contributed by atoms with Crippen molar-refractivity contribution in [2.45, 2.75) is 46.0 Å². The van der Waals surface area contributed by atoms with Crippen LogP contribution in [0, 0.1) is 0 Å². The summed E-state index contributed by atoms with van der Waals surface area (Å²) in [7, 11) is 0. The van der Waals surface area contributed by atoms with E-state index in [4.69, 9.17) is 4.74 Å². The summed E-state index contributed by atoms with van der Waals surface area (Å²) >= 11 is 0. The molecule has 0 heterocycles. The van der Waals surface area contributed by atoms with Gasteiger partial charge < -0.3 is 4.74 Å². The lowest BCUT2D eigenvalue weighted by atomic mass is 10.1. The highest BCUT2D eigenvalue weighted by Crippen LogP contribution is 2.17. The van der Waals surface area contributed by atoms with Crippen molar-refractivity contribution < 1.29 is 4.74 Å². The second-order valence-corrected chi connectivity index (χ2v) is 4.29. The highest BCUT2D eigenvalue weighted by molar-refractivity contribution is 5.64. The first kappa shape index (κ1) is 13.8. The van der Waals surface area contributed by atoms with Gasteiger partial charge in [0.2, 0.25) is 0 Å². The molecule has 1 heteroatoms. The van der Waals surface area contributed by atoms with E-state index in [1.165, 1.54) is 30.4 Å². The molecule has 1 aromatic carbocycles. The smallest absolute Gasteiger partial charge is 0.0873 e. The van der Waals surface area contributed by atoms with Gasteiger partial charge in [0.1, 0.15) is 0 Å². The molecule has 0 atom stereocenters. The number of ether oxygens (including phenoxy) is 1. The molecule has 0 saturated carbocycles. The summed E-state index contributed by atoms with van der Waals surface area (Å²) in [4.78, 5) is 0. The van der Waals surface area contributed by atoms with E-state index >= 15 is 0 Å². The van der Waals surface area contributed by atoms with Gasteiger partial charge in [-0.3, -0.25) is 0 Å². The summed E-state index contributed by atoms with van der Waals surface area (Å²) in [6.45, 7) is 5.24. The number of hydrogen-bond acceptors (Lipinski definition) is 1. The van der Waals surface area contributed by atoms with Crippen molar-refractivity contribution in [2.24, 2.45) is 0 Å². The van der Waals surface area contributed by atoms with E-state index in [2.05, 4.69) is 38.1 Å². The summed E-state index contributed by atoms with van der Waals surface area (Å²) in [5, 5.41) is 0. The SMILES string of the molecule is CCCCCCOC=C(CC)c1ccccc1. The monoisotopic (exact) mass is 232 g/mol. The van der Waals surface area contributed by atoms with Crippen LogP contribution < -0.4 is 0 Å². The predicted octanol–water partition coefficient (Wildman–Crippen LogP) is 5.03. The molecule has 0 fully saturated rings. The van der Waals surface area contributed by atoms with Crippen molar-refractivity contribution in [1.29, 1.82) is 0 Å². The minimum Gasteiger partial charge on any atom is -0.501 e. The van der Waals surface area contributed by atoms with Crippen LogP contribution in [0.4, 0.5) is 0 Å². The fourth-order valence-corrected chi connectivity index (χ4v) is 1.78. The van der Waals surface area contributed by atoms with Gasteiger partial charge in [-0.1, -0.05) is 63.4 Å². The van der Waals surface area contributed by atoms with Crippen LogP contribution >= 0.6 is 0 Å². The summed E-state index contributed by atoms with van der Waals surface area (Å²) in [5.74, 6) is 0. The van der Waals surface area contributed by atoms with E-state index in [0.717, 1.165) is 19.4 Å². The molecule has 0 aliphatic rings. The lowest BCUT2D eigenvalue weighted by Gasteiger charge is -2.06. The van der Waals surface area contributed by atoms with Crippen LogP contribution in [-0.2, 0) is 4.74 Å². The molecule has 0 saturated heterocycles. The standard InChI is InChI=1S/C16H24O/c1-3-5-6-10-13-17-14-15(4-2)16-11-8-7-9-12-16/h7-9,11-12,14H,3-6,10,13H2,1-2H3.